The van der Waals surface area contributed by atoms with Gasteiger partial charge in [0.25, 0.3) is 0 Å². The van der Waals surface area contributed by atoms with Gasteiger partial charge in [-0.1, -0.05) is 12.1 Å². The molecular formula is C16H21NO3. The highest BCUT2D eigenvalue weighted by molar-refractivity contribution is 5.91. The van der Waals surface area contributed by atoms with E-state index in [4.69, 9.17) is 9.84 Å². The lowest BCUT2D eigenvalue weighted by atomic mass is 9.98. The number of ether oxygens (including phenoxy) is 1. The minimum atomic E-state index is 0.0317. The lowest BCUT2D eigenvalue weighted by molar-refractivity contribution is -0.127. The van der Waals surface area contributed by atoms with Crippen molar-refractivity contribution >= 4 is 12.0 Å². The summed E-state index contributed by atoms with van der Waals surface area (Å²) in [5.41, 5.74) is 0.947. The van der Waals surface area contributed by atoms with E-state index in [0.29, 0.717) is 5.92 Å². The van der Waals surface area contributed by atoms with E-state index in [1.54, 1.807) is 13.2 Å². The molecule has 0 saturated carbocycles. The molecule has 1 N–H and O–H groups in total. The van der Waals surface area contributed by atoms with Gasteiger partial charge >= 0.3 is 0 Å². The van der Waals surface area contributed by atoms with Crippen LogP contribution in [0.1, 0.15) is 18.4 Å². The molecule has 1 aliphatic heterocycles. The summed E-state index contributed by atoms with van der Waals surface area (Å²) < 4.78 is 5.15. The number of likely N-dealkylation sites (tertiary alicyclic amines) is 1. The summed E-state index contributed by atoms with van der Waals surface area (Å²) in [4.78, 5) is 13.9. The molecule has 1 aromatic carbocycles. The van der Waals surface area contributed by atoms with Crippen molar-refractivity contribution in [3.63, 3.8) is 0 Å². The van der Waals surface area contributed by atoms with Gasteiger partial charge in [-0.15, -0.1) is 0 Å². The number of nitrogens with zero attached hydrogens (tertiary/aromatic N) is 1. The molecule has 0 aromatic heterocycles. The van der Waals surface area contributed by atoms with E-state index in [-0.39, 0.29) is 12.5 Å². The minimum absolute atomic E-state index is 0.0317. The van der Waals surface area contributed by atoms with Gasteiger partial charge in [0.1, 0.15) is 5.75 Å². The van der Waals surface area contributed by atoms with Crippen molar-refractivity contribution in [2.45, 2.75) is 12.8 Å². The second kappa shape index (κ2) is 7.10. The van der Waals surface area contributed by atoms with Crippen molar-refractivity contribution in [1.82, 2.24) is 4.90 Å². The van der Waals surface area contributed by atoms with Crippen molar-refractivity contribution in [2.24, 2.45) is 5.92 Å². The first-order valence-electron chi connectivity index (χ1n) is 6.95. The Morgan fingerprint density at radius 3 is 2.85 bits per heavy atom. The topological polar surface area (TPSA) is 49.8 Å². The van der Waals surface area contributed by atoms with Crippen LogP contribution in [0.3, 0.4) is 0 Å². The molecule has 1 heterocycles. The van der Waals surface area contributed by atoms with Crippen molar-refractivity contribution in [2.75, 3.05) is 26.8 Å². The molecule has 20 heavy (non-hydrogen) atoms. The number of benzene rings is 1. The van der Waals surface area contributed by atoms with Gasteiger partial charge in [-0.2, -0.15) is 0 Å². The number of amides is 1. The van der Waals surface area contributed by atoms with Crippen molar-refractivity contribution < 1.29 is 14.6 Å². The van der Waals surface area contributed by atoms with E-state index in [2.05, 4.69) is 0 Å². The van der Waals surface area contributed by atoms with Crippen LogP contribution in [-0.2, 0) is 4.79 Å². The summed E-state index contributed by atoms with van der Waals surface area (Å²) in [6, 6.07) is 7.60. The van der Waals surface area contributed by atoms with Gasteiger partial charge in [0.15, 0.2) is 0 Å². The van der Waals surface area contributed by atoms with Crippen LogP contribution in [0, 0.1) is 5.92 Å². The molecule has 0 atom stereocenters. The maximum atomic E-state index is 12.1. The number of methoxy groups -OCH3 is 1. The fourth-order valence-corrected chi connectivity index (χ4v) is 2.35. The van der Waals surface area contributed by atoms with E-state index in [1.165, 1.54) is 0 Å². The number of piperidine rings is 1. The average Bonchev–Trinajstić information content (AvgIpc) is 2.53. The van der Waals surface area contributed by atoms with Gasteiger partial charge in [0.2, 0.25) is 5.91 Å². The number of rotatable bonds is 4. The van der Waals surface area contributed by atoms with Gasteiger partial charge in [-0.25, -0.2) is 0 Å². The third kappa shape index (κ3) is 3.84. The number of hydrogen-bond acceptors (Lipinski definition) is 3. The van der Waals surface area contributed by atoms with E-state index < -0.39 is 0 Å². The normalized spacial score (nSPS) is 16.6. The predicted octanol–water partition coefficient (Wildman–Crippen LogP) is 1.94. The van der Waals surface area contributed by atoms with Gasteiger partial charge in [0, 0.05) is 25.8 Å². The van der Waals surface area contributed by atoms with Crippen LogP contribution in [0.2, 0.25) is 0 Å². The number of aliphatic hydroxyl groups excluding tert-OH is 1. The first kappa shape index (κ1) is 14.6. The van der Waals surface area contributed by atoms with Gasteiger partial charge in [-0.05, 0) is 42.5 Å². The smallest absolute Gasteiger partial charge is 0.246 e. The third-order valence-corrected chi connectivity index (χ3v) is 3.70. The molecule has 1 aliphatic rings. The Labute approximate surface area is 119 Å². The Morgan fingerprint density at radius 1 is 1.45 bits per heavy atom. The Kier molecular flexibility index (Phi) is 5.18. The highest BCUT2D eigenvalue weighted by Gasteiger charge is 2.20. The lowest BCUT2D eigenvalue weighted by Crippen LogP contribution is -2.38. The summed E-state index contributed by atoms with van der Waals surface area (Å²) in [7, 11) is 1.62. The quantitative estimate of drug-likeness (QED) is 0.854. The van der Waals surface area contributed by atoms with Crippen LogP contribution >= 0.6 is 0 Å². The predicted molar refractivity (Wildman–Crippen MR) is 78.4 cm³/mol. The molecule has 1 fully saturated rings. The maximum absolute atomic E-state index is 12.1. The lowest BCUT2D eigenvalue weighted by Gasteiger charge is -2.30. The molecule has 4 heteroatoms. The molecule has 2 rings (SSSR count). The van der Waals surface area contributed by atoms with Crippen molar-refractivity contribution in [3.05, 3.63) is 35.9 Å². The molecule has 0 unspecified atom stereocenters. The van der Waals surface area contributed by atoms with Crippen LogP contribution in [-0.4, -0.2) is 42.7 Å². The van der Waals surface area contributed by atoms with Gasteiger partial charge in [0.05, 0.1) is 7.11 Å². The molecule has 108 valence electrons. The first-order chi connectivity index (χ1) is 9.72. The minimum Gasteiger partial charge on any atom is -0.497 e. The average molecular weight is 275 g/mol. The molecule has 1 aromatic rings. The third-order valence-electron chi connectivity index (χ3n) is 3.70. The standard InChI is InChI=1S/C16H21NO3/c1-20-15-4-2-3-13(11-15)5-6-16(19)17-9-7-14(12-18)8-10-17/h2-6,11,14,18H,7-10,12H2,1H3/b6-5+. The molecule has 1 amide bonds. The second-order valence-corrected chi connectivity index (χ2v) is 5.06. The molecule has 0 radical (unpaired) electrons. The maximum Gasteiger partial charge on any atom is 0.246 e. The highest BCUT2D eigenvalue weighted by Crippen LogP contribution is 2.17. The SMILES string of the molecule is COc1cccc(/C=C/C(=O)N2CCC(CO)CC2)c1. The zero-order chi connectivity index (χ0) is 14.4. The Balaban J connectivity index is 1.92. The Morgan fingerprint density at radius 2 is 2.20 bits per heavy atom. The van der Waals surface area contributed by atoms with Crippen molar-refractivity contribution in [3.8, 4) is 5.75 Å². The summed E-state index contributed by atoms with van der Waals surface area (Å²) in [5, 5.41) is 9.09. The first-order valence-corrected chi connectivity index (χ1v) is 6.95. The molecule has 4 nitrogen and oxygen atoms in total. The number of carbonyl (C=O) groups excluding carboxylic acids is 1. The number of aliphatic hydroxyl groups is 1. The fraction of sp³-hybridized carbons (Fsp3) is 0.438. The Hall–Kier alpha value is -1.81. The molecule has 0 aliphatic carbocycles. The van der Waals surface area contributed by atoms with E-state index >= 15 is 0 Å². The molecule has 0 spiro atoms. The Bertz CT molecular complexity index is 476. The van der Waals surface area contributed by atoms with Gasteiger partial charge < -0.3 is 14.7 Å². The molecule has 0 bridgehead atoms. The zero-order valence-electron chi connectivity index (χ0n) is 11.8. The largest absolute Gasteiger partial charge is 0.497 e. The summed E-state index contributed by atoms with van der Waals surface area (Å²) in [5.74, 6) is 1.16. The van der Waals surface area contributed by atoms with Crippen LogP contribution < -0.4 is 4.74 Å². The van der Waals surface area contributed by atoms with E-state index in [0.717, 1.165) is 37.2 Å². The number of carbonyl (C=O) groups is 1. The van der Waals surface area contributed by atoms with Crippen LogP contribution in [0.25, 0.3) is 6.08 Å². The zero-order valence-corrected chi connectivity index (χ0v) is 11.8. The highest BCUT2D eigenvalue weighted by atomic mass is 16.5. The van der Waals surface area contributed by atoms with E-state index in [9.17, 15) is 4.79 Å². The van der Waals surface area contributed by atoms with Crippen molar-refractivity contribution in [1.29, 1.82) is 0 Å². The van der Waals surface area contributed by atoms with Crippen LogP contribution in [0.5, 0.6) is 5.75 Å². The summed E-state index contributed by atoms with van der Waals surface area (Å²) in [6.45, 7) is 1.68. The number of hydrogen-bond donors (Lipinski definition) is 1. The summed E-state index contributed by atoms with van der Waals surface area (Å²) >= 11 is 0. The van der Waals surface area contributed by atoms with E-state index in [1.807, 2.05) is 35.2 Å². The van der Waals surface area contributed by atoms with Crippen LogP contribution in [0.15, 0.2) is 30.3 Å². The van der Waals surface area contributed by atoms with Crippen LogP contribution in [0.4, 0.5) is 0 Å². The molecular weight excluding hydrogens is 254 g/mol. The van der Waals surface area contributed by atoms with Gasteiger partial charge in [-0.3, -0.25) is 4.79 Å². The fourth-order valence-electron chi connectivity index (χ4n) is 2.35. The molecule has 1 saturated heterocycles. The second-order valence-electron chi connectivity index (χ2n) is 5.06. The summed E-state index contributed by atoms with van der Waals surface area (Å²) in [6.07, 6.45) is 5.18. The monoisotopic (exact) mass is 275 g/mol.